The second kappa shape index (κ2) is 6.56. The van der Waals surface area contributed by atoms with Crippen LogP contribution in [0.5, 0.6) is 0 Å². The van der Waals surface area contributed by atoms with Crippen LogP contribution >= 0.6 is 0 Å². The Morgan fingerprint density at radius 3 is 2.68 bits per heavy atom. The first-order valence-corrected chi connectivity index (χ1v) is 7.58. The number of nitrogens with zero attached hydrogens (tertiary/aromatic N) is 2. The summed E-state index contributed by atoms with van der Waals surface area (Å²) in [6.45, 7) is 1.74. The summed E-state index contributed by atoms with van der Waals surface area (Å²) in [5.74, 6) is -0.349. The Labute approximate surface area is 142 Å². The maximum atomic E-state index is 12.3. The molecule has 0 saturated heterocycles. The number of nitro groups is 1. The summed E-state index contributed by atoms with van der Waals surface area (Å²) in [6.07, 6.45) is 0. The van der Waals surface area contributed by atoms with Crippen molar-refractivity contribution in [1.82, 2.24) is 4.57 Å². The number of rotatable bonds is 4. The van der Waals surface area contributed by atoms with Gasteiger partial charge in [0.15, 0.2) is 0 Å². The summed E-state index contributed by atoms with van der Waals surface area (Å²) in [5, 5.41) is 14.1. The average molecular weight is 337 g/mol. The average Bonchev–Trinajstić information content (AvgIpc) is 2.57. The number of nitrogens with one attached hydrogen (secondary N) is 1. The van der Waals surface area contributed by atoms with Crippen LogP contribution in [0.4, 0.5) is 11.4 Å². The van der Waals surface area contributed by atoms with Crippen LogP contribution < -0.4 is 10.9 Å². The lowest BCUT2D eigenvalue weighted by Gasteiger charge is -2.11. The van der Waals surface area contributed by atoms with Crippen molar-refractivity contribution in [2.24, 2.45) is 0 Å². The highest BCUT2D eigenvalue weighted by molar-refractivity contribution is 5.92. The number of benzene rings is 2. The lowest BCUT2D eigenvalue weighted by molar-refractivity contribution is -0.384. The normalized spacial score (nSPS) is 10.6. The molecule has 7 heteroatoms. The molecule has 1 heterocycles. The van der Waals surface area contributed by atoms with Crippen LogP contribution in [0.25, 0.3) is 10.9 Å². The van der Waals surface area contributed by atoms with Crippen molar-refractivity contribution in [2.75, 3.05) is 5.32 Å². The zero-order chi connectivity index (χ0) is 18.0. The standard InChI is InChI=1S/C18H15N3O4/c1-12-3-2-4-14(9-12)19-17(22)11-20-16-7-6-15(21(24)25)10-13(16)5-8-18(20)23/h2-10H,11H2,1H3,(H,19,22). The fourth-order valence-electron chi connectivity index (χ4n) is 2.63. The Hall–Kier alpha value is -3.48. The van der Waals surface area contributed by atoms with E-state index in [1.54, 1.807) is 6.07 Å². The molecule has 1 aromatic heterocycles. The van der Waals surface area contributed by atoms with Gasteiger partial charge in [-0.25, -0.2) is 0 Å². The van der Waals surface area contributed by atoms with Gasteiger partial charge < -0.3 is 5.32 Å². The van der Waals surface area contributed by atoms with E-state index >= 15 is 0 Å². The molecule has 1 amide bonds. The van der Waals surface area contributed by atoms with Crippen LogP contribution in [0.2, 0.25) is 0 Å². The van der Waals surface area contributed by atoms with E-state index in [0.29, 0.717) is 16.6 Å². The Balaban J connectivity index is 1.92. The monoisotopic (exact) mass is 337 g/mol. The van der Waals surface area contributed by atoms with Crippen LogP contribution in [0, 0.1) is 17.0 Å². The minimum absolute atomic E-state index is 0.0677. The number of hydrogen-bond donors (Lipinski definition) is 1. The molecule has 0 atom stereocenters. The number of aryl methyl sites for hydroxylation is 1. The van der Waals surface area contributed by atoms with Gasteiger partial charge in [0, 0.05) is 29.3 Å². The van der Waals surface area contributed by atoms with E-state index in [-0.39, 0.29) is 23.7 Å². The van der Waals surface area contributed by atoms with Gasteiger partial charge in [-0.1, -0.05) is 12.1 Å². The van der Waals surface area contributed by atoms with Gasteiger partial charge in [-0.3, -0.25) is 24.3 Å². The second-order valence-corrected chi connectivity index (χ2v) is 5.68. The van der Waals surface area contributed by atoms with E-state index in [1.165, 1.54) is 34.9 Å². The number of carbonyl (C=O) groups is 1. The molecule has 0 saturated carbocycles. The highest BCUT2D eigenvalue weighted by Crippen LogP contribution is 2.19. The topological polar surface area (TPSA) is 94.2 Å². The third-order valence-corrected chi connectivity index (χ3v) is 3.79. The van der Waals surface area contributed by atoms with Crippen molar-refractivity contribution < 1.29 is 9.72 Å². The first-order chi connectivity index (χ1) is 11.9. The van der Waals surface area contributed by atoms with Crippen molar-refractivity contribution in [3.8, 4) is 0 Å². The first-order valence-electron chi connectivity index (χ1n) is 7.58. The molecule has 3 rings (SSSR count). The summed E-state index contributed by atoms with van der Waals surface area (Å²) in [4.78, 5) is 34.8. The highest BCUT2D eigenvalue weighted by Gasteiger charge is 2.12. The molecule has 0 aliphatic carbocycles. The van der Waals surface area contributed by atoms with E-state index in [2.05, 4.69) is 5.32 Å². The number of anilines is 1. The van der Waals surface area contributed by atoms with Crippen molar-refractivity contribution in [2.45, 2.75) is 13.5 Å². The fraction of sp³-hybridized carbons (Fsp3) is 0.111. The van der Waals surface area contributed by atoms with Gasteiger partial charge in [0.25, 0.3) is 11.2 Å². The molecule has 0 bridgehead atoms. The quantitative estimate of drug-likeness (QED) is 0.585. The molecule has 3 aromatic rings. The smallest absolute Gasteiger partial charge is 0.270 e. The Kier molecular flexibility index (Phi) is 4.30. The van der Waals surface area contributed by atoms with Crippen molar-refractivity contribution in [3.63, 3.8) is 0 Å². The summed E-state index contributed by atoms with van der Waals surface area (Å²) < 4.78 is 1.30. The number of carbonyl (C=O) groups excluding carboxylic acids is 1. The van der Waals surface area contributed by atoms with Gasteiger partial charge >= 0.3 is 0 Å². The van der Waals surface area contributed by atoms with Crippen molar-refractivity contribution in [3.05, 3.63) is 80.6 Å². The Morgan fingerprint density at radius 1 is 1.16 bits per heavy atom. The van der Waals surface area contributed by atoms with E-state index in [0.717, 1.165) is 5.56 Å². The van der Waals surface area contributed by atoms with Crippen LogP contribution in [0.1, 0.15) is 5.56 Å². The molecular weight excluding hydrogens is 322 g/mol. The van der Waals surface area contributed by atoms with E-state index in [4.69, 9.17) is 0 Å². The summed E-state index contributed by atoms with van der Waals surface area (Å²) >= 11 is 0. The van der Waals surface area contributed by atoms with Gasteiger partial charge in [-0.15, -0.1) is 0 Å². The number of aromatic nitrogens is 1. The lowest BCUT2D eigenvalue weighted by atomic mass is 10.2. The molecule has 7 nitrogen and oxygen atoms in total. The fourth-order valence-corrected chi connectivity index (χ4v) is 2.63. The van der Waals surface area contributed by atoms with Crippen LogP contribution in [-0.2, 0) is 11.3 Å². The maximum absolute atomic E-state index is 12.3. The second-order valence-electron chi connectivity index (χ2n) is 5.68. The predicted octanol–water partition coefficient (Wildman–Crippen LogP) is 2.86. The predicted molar refractivity (Wildman–Crippen MR) is 94.7 cm³/mol. The molecule has 2 aromatic carbocycles. The third kappa shape index (κ3) is 3.55. The molecule has 0 spiro atoms. The van der Waals surface area contributed by atoms with E-state index in [1.807, 2.05) is 25.1 Å². The number of amides is 1. The van der Waals surface area contributed by atoms with Gasteiger partial charge in [0.05, 0.1) is 10.4 Å². The van der Waals surface area contributed by atoms with Gasteiger partial charge in [-0.2, -0.15) is 0 Å². The first kappa shape index (κ1) is 16.4. The van der Waals surface area contributed by atoms with Gasteiger partial charge in [0.1, 0.15) is 6.54 Å². The number of non-ortho nitro benzene ring substituents is 1. The molecule has 0 radical (unpaired) electrons. The molecular formula is C18H15N3O4. The van der Waals surface area contributed by atoms with Crippen LogP contribution in [0.15, 0.2) is 59.4 Å². The minimum atomic E-state index is -0.501. The van der Waals surface area contributed by atoms with E-state index < -0.39 is 4.92 Å². The van der Waals surface area contributed by atoms with E-state index in [9.17, 15) is 19.7 Å². The minimum Gasteiger partial charge on any atom is -0.325 e. The largest absolute Gasteiger partial charge is 0.325 e. The van der Waals surface area contributed by atoms with Crippen molar-refractivity contribution >= 4 is 28.2 Å². The van der Waals surface area contributed by atoms with Crippen LogP contribution in [0.3, 0.4) is 0 Å². The lowest BCUT2D eigenvalue weighted by Crippen LogP contribution is -2.27. The number of hydrogen-bond acceptors (Lipinski definition) is 4. The molecule has 0 aliphatic rings. The molecule has 25 heavy (non-hydrogen) atoms. The Bertz CT molecular complexity index is 1040. The molecule has 0 fully saturated rings. The Morgan fingerprint density at radius 2 is 1.96 bits per heavy atom. The SMILES string of the molecule is Cc1cccc(NC(=O)Cn2c(=O)ccc3cc([N+](=O)[O-])ccc32)c1. The third-order valence-electron chi connectivity index (χ3n) is 3.79. The van der Waals surface area contributed by atoms with Crippen molar-refractivity contribution in [1.29, 1.82) is 0 Å². The highest BCUT2D eigenvalue weighted by atomic mass is 16.6. The number of fused-ring (bicyclic) bond motifs is 1. The summed E-state index contributed by atoms with van der Waals surface area (Å²) in [7, 11) is 0. The van der Waals surface area contributed by atoms with Gasteiger partial charge in [0.2, 0.25) is 5.91 Å². The summed E-state index contributed by atoms with van der Waals surface area (Å²) in [5.41, 5.74) is 1.71. The zero-order valence-electron chi connectivity index (χ0n) is 13.4. The summed E-state index contributed by atoms with van der Waals surface area (Å²) in [6, 6.07) is 14.3. The molecule has 0 aliphatic heterocycles. The number of nitro benzene ring substituents is 1. The van der Waals surface area contributed by atoms with Gasteiger partial charge in [-0.05, 0) is 36.8 Å². The molecule has 1 N–H and O–H groups in total. The van der Waals surface area contributed by atoms with Crippen LogP contribution in [-0.4, -0.2) is 15.4 Å². The maximum Gasteiger partial charge on any atom is 0.270 e. The molecule has 0 unspecified atom stereocenters. The molecule has 126 valence electrons. The number of pyridine rings is 1. The zero-order valence-corrected chi connectivity index (χ0v) is 13.4.